The molecule has 0 radical (unpaired) electrons. The molecular weight excluding hydrogens is 573 g/mol. The van der Waals surface area contributed by atoms with Gasteiger partial charge in [-0.2, -0.15) is 35.8 Å². The van der Waals surface area contributed by atoms with Gasteiger partial charge in [-0.3, -0.25) is 4.79 Å². The van der Waals surface area contributed by atoms with E-state index in [0.29, 0.717) is 26.6 Å². The monoisotopic (exact) mass is 592 g/mol. The number of fused-ring (bicyclic) bond motifs is 1. The maximum atomic E-state index is 14.6. The van der Waals surface area contributed by atoms with E-state index in [1.54, 1.807) is 48.5 Å². The Morgan fingerprint density at radius 3 is 2.14 bits per heavy atom. The number of ketones is 1. The topological polar surface area (TPSA) is 67.2 Å². The minimum absolute atomic E-state index is 0.300. The van der Waals surface area contributed by atoms with Gasteiger partial charge in [-0.25, -0.2) is 15.4 Å². The molecule has 198 valence electrons. The molecule has 0 aliphatic heterocycles. The summed E-state index contributed by atoms with van der Waals surface area (Å²) in [6.45, 7) is 3.91. The van der Waals surface area contributed by atoms with Gasteiger partial charge in [0, 0.05) is 20.8 Å². The van der Waals surface area contributed by atoms with Gasteiger partial charge in [-0.1, -0.05) is 67.0 Å². The van der Waals surface area contributed by atoms with Crippen molar-refractivity contribution >= 4 is 44.3 Å². The molecule has 0 saturated carbocycles. The molecule has 0 fully saturated rings. The van der Waals surface area contributed by atoms with Crippen molar-refractivity contribution in [1.29, 1.82) is 0 Å². The molecule has 0 spiro atoms. The molecule has 0 amide bonds. The van der Waals surface area contributed by atoms with Crippen molar-refractivity contribution in [3.8, 4) is 11.3 Å². The van der Waals surface area contributed by atoms with Gasteiger partial charge in [0.1, 0.15) is 11.5 Å². The SMILES string of the molecule is CC(C)(C)C(=O)CC(=NNc1nc(-c2ccccc2)c2cc(Br)ccc2n1)C(F)(F)C(F)(F)C(F)(F)F. The summed E-state index contributed by atoms with van der Waals surface area (Å²) in [5.41, 5.74) is -0.166. The van der Waals surface area contributed by atoms with E-state index in [2.05, 4.69) is 31.0 Å². The van der Waals surface area contributed by atoms with Gasteiger partial charge in [0.05, 0.1) is 17.6 Å². The summed E-state index contributed by atoms with van der Waals surface area (Å²) in [4.78, 5) is 20.7. The first-order valence-corrected chi connectivity index (χ1v) is 11.5. The smallest absolute Gasteiger partial charge is 0.299 e. The zero-order valence-corrected chi connectivity index (χ0v) is 21.2. The van der Waals surface area contributed by atoms with Crippen LogP contribution in [0.2, 0.25) is 0 Å². The number of alkyl halides is 7. The van der Waals surface area contributed by atoms with Crippen molar-refractivity contribution in [3.63, 3.8) is 0 Å². The highest BCUT2D eigenvalue weighted by Crippen LogP contribution is 2.48. The number of hydrogen-bond donors (Lipinski definition) is 1. The van der Waals surface area contributed by atoms with Crippen LogP contribution < -0.4 is 5.43 Å². The van der Waals surface area contributed by atoms with Gasteiger partial charge in [0.15, 0.2) is 0 Å². The third-order valence-electron chi connectivity index (χ3n) is 5.27. The first kappa shape index (κ1) is 28.5. The lowest BCUT2D eigenvalue weighted by atomic mass is 9.86. The van der Waals surface area contributed by atoms with Crippen LogP contribution in [0, 0.1) is 5.41 Å². The summed E-state index contributed by atoms with van der Waals surface area (Å²) in [5, 5.41) is 3.67. The van der Waals surface area contributed by atoms with Gasteiger partial charge in [0.2, 0.25) is 5.95 Å². The number of nitrogens with zero attached hydrogens (tertiary/aromatic N) is 3. The van der Waals surface area contributed by atoms with E-state index in [1.807, 2.05) is 5.43 Å². The summed E-state index contributed by atoms with van der Waals surface area (Å²) in [6, 6.07) is 13.4. The predicted molar refractivity (Wildman–Crippen MR) is 129 cm³/mol. The van der Waals surface area contributed by atoms with Gasteiger partial charge in [-0.15, -0.1) is 0 Å². The number of carbonyl (C=O) groups is 1. The molecule has 1 heterocycles. The fraction of sp³-hybridized carbons (Fsp3) is 0.333. The number of rotatable bonds is 7. The first-order chi connectivity index (χ1) is 16.9. The third kappa shape index (κ3) is 5.91. The van der Waals surface area contributed by atoms with E-state index < -0.39 is 47.3 Å². The molecule has 3 aromatic rings. The van der Waals surface area contributed by atoms with Crippen LogP contribution >= 0.6 is 15.9 Å². The van der Waals surface area contributed by atoms with Crippen molar-refractivity contribution in [1.82, 2.24) is 9.97 Å². The fourth-order valence-corrected chi connectivity index (χ4v) is 3.44. The second-order valence-corrected chi connectivity index (χ2v) is 10.0. The number of halogens is 8. The molecule has 0 aliphatic carbocycles. The van der Waals surface area contributed by atoms with Crippen LogP contribution in [0.3, 0.4) is 0 Å². The van der Waals surface area contributed by atoms with E-state index in [-0.39, 0.29) is 0 Å². The lowest BCUT2D eigenvalue weighted by molar-refractivity contribution is -0.336. The normalized spacial score (nSPS) is 13.6. The van der Waals surface area contributed by atoms with E-state index >= 15 is 0 Å². The van der Waals surface area contributed by atoms with E-state index in [1.165, 1.54) is 20.8 Å². The molecule has 13 heteroatoms. The van der Waals surface area contributed by atoms with Crippen molar-refractivity contribution in [2.75, 3.05) is 5.43 Å². The molecule has 0 bridgehead atoms. The third-order valence-corrected chi connectivity index (χ3v) is 5.77. The number of Topliss-reactive ketones (excluding diaryl/α,β-unsaturated/α-hetero) is 1. The number of hydrogen-bond acceptors (Lipinski definition) is 5. The number of hydrazone groups is 1. The molecule has 0 saturated heterocycles. The van der Waals surface area contributed by atoms with Gasteiger partial charge in [-0.05, 0) is 18.2 Å². The highest BCUT2D eigenvalue weighted by molar-refractivity contribution is 9.10. The summed E-state index contributed by atoms with van der Waals surface area (Å²) in [6.07, 6.45) is -8.07. The Morgan fingerprint density at radius 2 is 1.57 bits per heavy atom. The van der Waals surface area contributed by atoms with Crippen LogP contribution in [-0.4, -0.2) is 39.5 Å². The average molecular weight is 593 g/mol. The van der Waals surface area contributed by atoms with Gasteiger partial charge in [0.25, 0.3) is 0 Å². The molecular formula is C24H20BrF7N4O. The molecule has 3 rings (SSSR count). The molecule has 5 nitrogen and oxygen atoms in total. The fourth-order valence-electron chi connectivity index (χ4n) is 3.08. The quantitative estimate of drug-likeness (QED) is 0.174. The van der Waals surface area contributed by atoms with E-state index in [0.717, 1.165) is 0 Å². The van der Waals surface area contributed by atoms with E-state index in [4.69, 9.17) is 0 Å². The molecule has 1 aromatic heterocycles. The van der Waals surface area contributed by atoms with Crippen LogP contribution in [0.1, 0.15) is 27.2 Å². The summed E-state index contributed by atoms with van der Waals surface area (Å²) in [5.74, 6) is -13.8. The molecule has 0 unspecified atom stereocenters. The molecule has 2 aromatic carbocycles. The Labute approximate surface area is 215 Å². The number of carbonyl (C=O) groups excluding carboxylic acids is 1. The molecule has 1 N–H and O–H groups in total. The average Bonchev–Trinajstić information content (AvgIpc) is 2.80. The lowest BCUT2D eigenvalue weighted by Crippen LogP contribution is -2.56. The number of nitrogens with one attached hydrogen (secondary N) is 1. The zero-order chi connectivity index (χ0) is 27.8. The Morgan fingerprint density at radius 1 is 0.946 bits per heavy atom. The molecule has 0 aliphatic rings. The maximum Gasteiger partial charge on any atom is 0.460 e. The first-order valence-electron chi connectivity index (χ1n) is 10.7. The van der Waals surface area contributed by atoms with Gasteiger partial charge < -0.3 is 0 Å². The number of aromatic nitrogens is 2. The zero-order valence-electron chi connectivity index (χ0n) is 19.6. The number of anilines is 1. The second-order valence-electron chi connectivity index (χ2n) is 9.09. The van der Waals surface area contributed by atoms with Gasteiger partial charge >= 0.3 is 18.0 Å². The highest BCUT2D eigenvalue weighted by Gasteiger charge is 2.75. The van der Waals surface area contributed by atoms with Crippen molar-refractivity contribution in [2.45, 2.75) is 45.2 Å². The molecule has 0 atom stereocenters. The molecule has 37 heavy (non-hydrogen) atoms. The summed E-state index contributed by atoms with van der Waals surface area (Å²) in [7, 11) is 0. The highest BCUT2D eigenvalue weighted by atomic mass is 79.9. The maximum absolute atomic E-state index is 14.6. The minimum atomic E-state index is -6.60. The second kappa shape index (κ2) is 9.99. The number of benzene rings is 2. The lowest BCUT2D eigenvalue weighted by Gasteiger charge is -2.29. The Bertz CT molecular complexity index is 1340. The van der Waals surface area contributed by atoms with Crippen LogP contribution in [0.4, 0.5) is 36.7 Å². The van der Waals surface area contributed by atoms with Crippen LogP contribution in [0.15, 0.2) is 58.1 Å². The minimum Gasteiger partial charge on any atom is -0.299 e. The van der Waals surface area contributed by atoms with Crippen LogP contribution in [0.25, 0.3) is 22.2 Å². The Kier molecular flexibility index (Phi) is 7.69. The van der Waals surface area contributed by atoms with Crippen molar-refractivity contribution < 1.29 is 35.5 Å². The van der Waals surface area contributed by atoms with Crippen molar-refractivity contribution in [3.05, 3.63) is 53.0 Å². The van der Waals surface area contributed by atoms with Crippen LogP contribution in [-0.2, 0) is 4.79 Å². The standard InChI is InChI=1S/C24H20BrF7N4O/c1-21(2,3)18(37)12-17(22(26,27)23(28,29)24(30,31)32)35-36-20-33-16-10-9-14(25)11-15(16)19(34-20)13-7-5-4-6-8-13/h4-11H,12H2,1-3H3,(H,33,34,36). The summed E-state index contributed by atoms with van der Waals surface area (Å²) < 4.78 is 96.1. The Hall–Kier alpha value is -3.09. The summed E-state index contributed by atoms with van der Waals surface area (Å²) >= 11 is 3.33. The van der Waals surface area contributed by atoms with Crippen LogP contribution in [0.5, 0.6) is 0 Å². The largest absolute Gasteiger partial charge is 0.460 e. The van der Waals surface area contributed by atoms with E-state index in [9.17, 15) is 35.5 Å². The van der Waals surface area contributed by atoms with Crippen molar-refractivity contribution in [2.24, 2.45) is 10.5 Å². The predicted octanol–water partition coefficient (Wildman–Crippen LogP) is 7.67. The Balaban J connectivity index is 2.14.